The fourth-order valence-electron chi connectivity index (χ4n) is 5.38. The van der Waals surface area contributed by atoms with Crippen LogP contribution in [0.3, 0.4) is 0 Å². The predicted octanol–water partition coefficient (Wildman–Crippen LogP) is 6.17. The van der Waals surface area contributed by atoms with E-state index in [1.54, 1.807) is 24.3 Å². The maximum absolute atomic E-state index is 13.1. The molecule has 1 heterocycles. The molecule has 1 saturated carbocycles. The van der Waals surface area contributed by atoms with Gasteiger partial charge in [0.1, 0.15) is 23.6 Å². The summed E-state index contributed by atoms with van der Waals surface area (Å²) in [6.45, 7) is 9.01. The second-order valence-corrected chi connectivity index (χ2v) is 12.3. The summed E-state index contributed by atoms with van der Waals surface area (Å²) in [5, 5.41) is 14.5. The number of unbranched alkanes of at least 4 members (excludes halogenated alkanes) is 1. The first-order valence-electron chi connectivity index (χ1n) is 15.4. The average Bonchev–Trinajstić information content (AvgIpc) is 3.42. The van der Waals surface area contributed by atoms with Crippen molar-refractivity contribution in [2.24, 2.45) is 0 Å². The number of hydrogen-bond donors (Lipinski definition) is 3. The minimum absolute atomic E-state index is 0.0105. The van der Waals surface area contributed by atoms with Crippen LogP contribution in [0.5, 0.6) is 0 Å². The molecule has 2 amide bonds. The molecule has 3 aromatic rings. The van der Waals surface area contributed by atoms with Crippen molar-refractivity contribution in [1.29, 1.82) is 5.41 Å². The summed E-state index contributed by atoms with van der Waals surface area (Å²) >= 11 is 0. The molecule has 0 atom stereocenters. The van der Waals surface area contributed by atoms with Crippen molar-refractivity contribution < 1.29 is 28.3 Å². The smallest absolute Gasteiger partial charge is 0.413 e. The van der Waals surface area contributed by atoms with E-state index < -0.39 is 11.7 Å². The lowest BCUT2D eigenvalue weighted by atomic mass is 9.89. The fraction of sp³-hybridized carbons (Fsp3) is 0.471. The van der Waals surface area contributed by atoms with E-state index in [0.29, 0.717) is 16.5 Å². The number of rotatable bonds is 11. The number of nitrogens with one attached hydrogen (secondary N) is 3. The van der Waals surface area contributed by atoms with Crippen molar-refractivity contribution in [2.75, 3.05) is 13.1 Å². The Labute approximate surface area is 259 Å². The number of amidine groups is 1. The molecule has 4 rings (SSSR count). The van der Waals surface area contributed by atoms with Crippen LogP contribution in [0.2, 0.25) is 0 Å². The van der Waals surface area contributed by atoms with Crippen LogP contribution in [0.1, 0.15) is 87.9 Å². The summed E-state index contributed by atoms with van der Waals surface area (Å²) in [6, 6.07) is 16.2. The van der Waals surface area contributed by atoms with Crippen LogP contribution in [0.4, 0.5) is 4.79 Å². The number of nitrogens with zero attached hydrogens (tertiary/aromatic N) is 1. The monoisotopic (exact) mass is 604 g/mol. The van der Waals surface area contributed by atoms with E-state index in [9.17, 15) is 14.4 Å². The van der Waals surface area contributed by atoms with E-state index in [1.807, 2.05) is 51.1 Å². The zero-order valence-electron chi connectivity index (χ0n) is 26.1. The number of ether oxygens (including phenoxy) is 2. The Morgan fingerprint density at radius 2 is 1.75 bits per heavy atom. The average molecular weight is 605 g/mol. The Bertz CT molecular complexity index is 1440. The van der Waals surface area contributed by atoms with Crippen LogP contribution >= 0.6 is 0 Å². The number of carbonyl (C=O) groups excluding carboxylic acids is 3. The van der Waals surface area contributed by atoms with Gasteiger partial charge in [-0.2, -0.15) is 0 Å². The number of esters is 1. The summed E-state index contributed by atoms with van der Waals surface area (Å²) in [4.78, 5) is 40.0. The Morgan fingerprint density at radius 3 is 2.43 bits per heavy atom. The SMILES string of the molecule is CCCCN(CC(=O)OC(C)(C)C)[C@H]1CC[C@H](NC(=O)c2cc3cc(C(=N)NC(=O)OCc4ccccc4)ccc3o2)CC1. The van der Waals surface area contributed by atoms with Gasteiger partial charge in [-0.15, -0.1) is 0 Å². The predicted molar refractivity (Wildman–Crippen MR) is 169 cm³/mol. The van der Waals surface area contributed by atoms with Gasteiger partial charge in [0, 0.05) is 23.0 Å². The first-order chi connectivity index (χ1) is 21.0. The lowest BCUT2D eigenvalue weighted by molar-refractivity contribution is -0.157. The second-order valence-electron chi connectivity index (χ2n) is 12.3. The van der Waals surface area contributed by atoms with Crippen molar-refractivity contribution in [2.45, 2.75) is 90.5 Å². The minimum Gasteiger partial charge on any atom is -0.459 e. The van der Waals surface area contributed by atoms with E-state index in [0.717, 1.165) is 50.6 Å². The molecular formula is C34H44N4O6. The molecule has 44 heavy (non-hydrogen) atoms. The van der Waals surface area contributed by atoms with E-state index in [1.165, 1.54) is 0 Å². The van der Waals surface area contributed by atoms with Gasteiger partial charge < -0.3 is 19.2 Å². The lowest BCUT2D eigenvalue weighted by Gasteiger charge is -2.37. The summed E-state index contributed by atoms with van der Waals surface area (Å²) < 4.78 is 16.6. The zero-order chi connectivity index (χ0) is 31.7. The molecule has 10 heteroatoms. The third-order valence-corrected chi connectivity index (χ3v) is 7.57. The molecule has 236 valence electrons. The molecule has 0 unspecified atom stereocenters. The fourth-order valence-corrected chi connectivity index (χ4v) is 5.38. The van der Waals surface area contributed by atoms with Gasteiger partial charge in [0.15, 0.2) is 5.76 Å². The Hall–Kier alpha value is -4.18. The highest BCUT2D eigenvalue weighted by Gasteiger charge is 2.29. The van der Waals surface area contributed by atoms with E-state index in [4.69, 9.17) is 19.3 Å². The number of carbonyl (C=O) groups is 3. The topological polar surface area (TPSA) is 134 Å². The quantitative estimate of drug-likeness (QED) is 0.135. The van der Waals surface area contributed by atoms with Gasteiger partial charge in [-0.1, -0.05) is 43.7 Å². The molecule has 10 nitrogen and oxygen atoms in total. The summed E-state index contributed by atoms with van der Waals surface area (Å²) in [6.07, 6.45) is 4.71. The Morgan fingerprint density at radius 1 is 1.02 bits per heavy atom. The largest absolute Gasteiger partial charge is 0.459 e. The van der Waals surface area contributed by atoms with Crippen molar-refractivity contribution in [3.8, 4) is 0 Å². The molecule has 2 aromatic carbocycles. The zero-order valence-corrected chi connectivity index (χ0v) is 26.1. The van der Waals surface area contributed by atoms with Crippen LogP contribution in [0.25, 0.3) is 11.0 Å². The number of amides is 2. The molecular weight excluding hydrogens is 560 g/mol. The lowest BCUT2D eigenvalue weighted by Crippen LogP contribution is -2.46. The number of hydrogen-bond acceptors (Lipinski definition) is 8. The maximum Gasteiger partial charge on any atom is 0.413 e. The molecule has 1 aromatic heterocycles. The molecule has 0 radical (unpaired) electrons. The highest BCUT2D eigenvalue weighted by molar-refractivity contribution is 6.06. The molecule has 0 bridgehead atoms. The van der Waals surface area contributed by atoms with Gasteiger partial charge in [-0.3, -0.25) is 25.2 Å². The van der Waals surface area contributed by atoms with Crippen molar-refractivity contribution >= 4 is 34.8 Å². The Kier molecular flexibility index (Phi) is 11.2. The van der Waals surface area contributed by atoms with Gasteiger partial charge in [-0.25, -0.2) is 4.79 Å². The van der Waals surface area contributed by atoms with Gasteiger partial charge in [-0.05, 0) is 89.2 Å². The third kappa shape index (κ3) is 9.67. The third-order valence-electron chi connectivity index (χ3n) is 7.57. The van der Waals surface area contributed by atoms with E-state index in [-0.39, 0.29) is 48.7 Å². The first kappa shape index (κ1) is 32.7. The highest BCUT2D eigenvalue weighted by atomic mass is 16.6. The second kappa shape index (κ2) is 15.0. The highest BCUT2D eigenvalue weighted by Crippen LogP contribution is 2.26. The summed E-state index contributed by atoms with van der Waals surface area (Å²) in [7, 11) is 0. The van der Waals surface area contributed by atoms with Gasteiger partial charge in [0.25, 0.3) is 5.91 Å². The van der Waals surface area contributed by atoms with Crippen LogP contribution in [-0.4, -0.2) is 59.5 Å². The van der Waals surface area contributed by atoms with E-state index >= 15 is 0 Å². The summed E-state index contributed by atoms with van der Waals surface area (Å²) in [5.41, 5.74) is 1.30. The van der Waals surface area contributed by atoms with Crippen LogP contribution in [0, 0.1) is 5.41 Å². The number of alkyl carbamates (subject to hydrolysis) is 1. The molecule has 1 aliphatic carbocycles. The van der Waals surface area contributed by atoms with Gasteiger partial charge in [0.05, 0.1) is 6.54 Å². The van der Waals surface area contributed by atoms with Gasteiger partial charge >= 0.3 is 12.1 Å². The number of fused-ring (bicyclic) bond motifs is 1. The van der Waals surface area contributed by atoms with Gasteiger partial charge in [0.2, 0.25) is 0 Å². The van der Waals surface area contributed by atoms with Crippen LogP contribution in [-0.2, 0) is 20.9 Å². The molecule has 0 saturated heterocycles. The Balaban J connectivity index is 1.28. The van der Waals surface area contributed by atoms with E-state index in [2.05, 4.69) is 22.5 Å². The van der Waals surface area contributed by atoms with Crippen molar-refractivity contribution in [1.82, 2.24) is 15.5 Å². The van der Waals surface area contributed by atoms with Crippen molar-refractivity contribution in [3.63, 3.8) is 0 Å². The van der Waals surface area contributed by atoms with Crippen LogP contribution in [0.15, 0.2) is 59.0 Å². The van der Waals surface area contributed by atoms with Crippen LogP contribution < -0.4 is 10.6 Å². The first-order valence-corrected chi connectivity index (χ1v) is 15.4. The number of furan rings is 1. The molecule has 0 spiro atoms. The molecule has 0 aliphatic heterocycles. The molecule has 1 aliphatic rings. The minimum atomic E-state index is -0.723. The standard InChI is InChI=1S/C34H44N4O6/c1-5-6-18-38(21-30(39)44-34(2,3)4)27-15-13-26(14-16-27)36-32(40)29-20-25-19-24(12-17-28(25)43-29)31(35)37-33(41)42-22-23-10-8-7-9-11-23/h7-12,17,19-20,26-27H,5-6,13-16,18,21-22H2,1-4H3,(H,36,40)(H2,35,37,41)/t26-,27-. The molecule has 3 N–H and O–H groups in total. The normalized spacial score (nSPS) is 16.8. The summed E-state index contributed by atoms with van der Waals surface area (Å²) in [5.74, 6) is -0.421. The maximum atomic E-state index is 13.1. The van der Waals surface area contributed by atoms with Crippen molar-refractivity contribution in [3.05, 3.63) is 71.5 Å². The number of benzene rings is 2. The molecule has 1 fully saturated rings.